The van der Waals surface area contributed by atoms with E-state index in [1.807, 2.05) is 12.1 Å². The van der Waals surface area contributed by atoms with E-state index in [1.165, 1.54) is 17.1 Å². The number of rotatable bonds is 5. The Morgan fingerprint density at radius 1 is 1.31 bits per heavy atom. The van der Waals surface area contributed by atoms with Crippen LogP contribution >= 0.6 is 11.6 Å². The second-order valence-corrected chi connectivity index (χ2v) is 5.68. The van der Waals surface area contributed by atoms with E-state index in [2.05, 4.69) is 5.10 Å². The van der Waals surface area contributed by atoms with Crippen molar-refractivity contribution in [1.82, 2.24) is 9.78 Å². The fraction of sp³-hybridized carbons (Fsp3) is 0.0588. The Balaban J connectivity index is 1.78. The molecule has 0 saturated heterocycles. The monoisotopic (exact) mass is 375 g/mol. The summed E-state index contributed by atoms with van der Waals surface area (Å²) in [5.74, 6) is -2.12. The summed E-state index contributed by atoms with van der Waals surface area (Å²) in [7, 11) is 0. The van der Waals surface area contributed by atoms with Crippen LogP contribution in [0.1, 0.15) is 15.9 Å². The number of carbonyl (C=O) groups excluding carboxylic acids is 1. The highest BCUT2D eigenvalue weighted by Crippen LogP contribution is 2.28. The van der Waals surface area contributed by atoms with Crippen LogP contribution in [0.15, 0.2) is 54.9 Å². The molecule has 0 spiro atoms. The molecule has 0 N–H and O–H groups in total. The quantitative estimate of drug-likeness (QED) is 0.292. The van der Waals surface area contributed by atoms with Crippen LogP contribution in [-0.2, 0) is 6.54 Å². The largest absolute Gasteiger partial charge is 0.415 e. The minimum atomic E-state index is -0.885. The van der Waals surface area contributed by atoms with E-state index in [-0.39, 0.29) is 5.56 Å². The Morgan fingerprint density at radius 3 is 2.81 bits per heavy atom. The van der Waals surface area contributed by atoms with Crippen molar-refractivity contribution in [3.8, 4) is 5.75 Å². The number of ether oxygens (including phenoxy) is 1. The van der Waals surface area contributed by atoms with Crippen molar-refractivity contribution >= 4 is 23.3 Å². The van der Waals surface area contributed by atoms with E-state index >= 15 is 0 Å². The van der Waals surface area contributed by atoms with Crippen molar-refractivity contribution in [2.24, 2.45) is 0 Å². The molecule has 1 aromatic heterocycles. The average molecular weight is 376 g/mol. The van der Waals surface area contributed by atoms with E-state index < -0.39 is 28.1 Å². The minimum absolute atomic E-state index is 0.0654. The summed E-state index contributed by atoms with van der Waals surface area (Å²) in [6, 6.07) is 9.80. The first-order valence-electron chi connectivity index (χ1n) is 7.36. The van der Waals surface area contributed by atoms with Gasteiger partial charge in [-0.1, -0.05) is 29.8 Å². The molecule has 0 saturated carbocycles. The van der Waals surface area contributed by atoms with Gasteiger partial charge in [-0.25, -0.2) is 9.18 Å². The molecule has 0 bridgehead atoms. The maximum atomic E-state index is 13.3. The van der Waals surface area contributed by atoms with Gasteiger partial charge in [0.2, 0.25) is 5.75 Å². The smallest absolute Gasteiger partial charge is 0.346 e. The van der Waals surface area contributed by atoms with E-state index in [0.717, 1.165) is 23.8 Å². The first-order valence-corrected chi connectivity index (χ1v) is 7.74. The van der Waals surface area contributed by atoms with Crippen molar-refractivity contribution in [2.45, 2.75) is 6.54 Å². The van der Waals surface area contributed by atoms with E-state index in [1.54, 1.807) is 12.1 Å². The molecule has 132 valence electrons. The summed E-state index contributed by atoms with van der Waals surface area (Å²) in [6.45, 7) is 0.326. The van der Waals surface area contributed by atoms with Gasteiger partial charge in [0.15, 0.2) is 0 Å². The molecule has 9 heteroatoms. The molecule has 1 heterocycles. The average Bonchev–Trinajstić information content (AvgIpc) is 3.05. The Kier molecular flexibility index (Phi) is 4.94. The van der Waals surface area contributed by atoms with Crippen LogP contribution in [0.25, 0.3) is 0 Å². The topological polar surface area (TPSA) is 87.3 Å². The van der Waals surface area contributed by atoms with E-state index in [0.29, 0.717) is 11.6 Å². The second kappa shape index (κ2) is 7.32. The lowest BCUT2D eigenvalue weighted by Gasteiger charge is -2.04. The highest BCUT2D eigenvalue weighted by atomic mass is 35.5. The normalized spacial score (nSPS) is 10.5. The Hall–Kier alpha value is -3.26. The molecule has 0 aliphatic rings. The predicted molar refractivity (Wildman–Crippen MR) is 90.8 cm³/mol. The lowest BCUT2D eigenvalue weighted by atomic mass is 10.2. The van der Waals surface area contributed by atoms with Gasteiger partial charge in [0.05, 0.1) is 23.2 Å². The molecule has 26 heavy (non-hydrogen) atoms. The van der Waals surface area contributed by atoms with Crippen LogP contribution in [0.4, 0.5) is 10.1 Å². The van der Waals surface area contributed by atoms with Crippen LogP contribution in [0.2, 0.25) is 5.02 Å². The molecule has 7 nitrogen and oxygen atoms in total. The molecule has 0 atom stereocenters. The van der Waals surface area contributed by atoms with Crippen LogP contribution < -0.4 is 4.74 Å². The molecule has 0 aliphatic carbocycles. The van der Waals surface area contributed by atoms with Crippen molar-refractivity contribution in [2.75, 3.05) is 0 Å². The highest BCUT2D eigenvalue weighted by Gasteiger charge is 2.20. The summed E-state index contributed by atoms with van der Waals surface area (Å²) in [4.78, 5) is 22.4. The molecule has 0 radical (unpaired) electrons. The van der Waals surface area contributed by atoms with Gasteiger partial charge in [0, 0.05) is 23.4 Å². The van der Waals surface area contributed by atoms with Crippen molar-refractivity contribution in [3.63, 3.8) is 0 Å². The molecule has 0 aliphatic heterocycles. The van der Waals surface area contributed by atoms with E-state index in [4.69, 9.17) is 16.3 Å². The summed E-state index contributed by atoms with van der Waals surface area (Å²) in [5, 5.41) is 15.6. The first-order chi connectivity index (χ1) is 12.4. The fourth-order valence-corrected chi connectivity index (χ4v) is 2.43. The van der Waals surface area contributed by atoms with Gasteiger partial charge < -0.3 is 4.74 Å². The van der Waals surface area contributed by atoms with Gasteiger partial charge in [-0.2, -0.15) is 5.10 Å². The fourth-order valence-electron chi connectivity index (χ4n) is 2.24. The van der Waals surface area contributed by atoms with Crippen LogP contribution in [0.5, 0.6) is 5.75 Å². The maximum absolute atomic E-state index is 13.3. The third-order valence-electron chi connectivity index (χ3n) is 3.48. The molecule has 2 aromatic carbocycles. The molecule has 3 aromatic rings. The third-order valence-corrected chi connectivity index (χ3v) is 3.85. The molecule has 0 unspecified atom stereocenters. The van der Waals surface area contributed by atoms with Crippen molar-refractivity contribution in [1.29, 1.82) is 0 Å². The number of nitro groups is 1. The zero-order valence-corrected chi connectivity index (χ0v) is 13.9. The summed E-state index contributed by atoms with van der Waals surface area (Å²) in [5.41, 5.74) is 0.358. The highest BCUT2D eigenvalue weighted by molar-refractivity contribution is 6.31. The minimum Gasteiger partial charge on any atom is -0.415 e. The number of aromatic nitrogens is 2. The number of hydrogen-bond acceptors (Lipinski definition) is 5. The van der Waals surface area contributed by atoms with Crippen LogP contribution in [0.3, 0.4) is 0 Å². The molecule has 0 fully saturated rings. The third kappa shape index (κ3) is 3.86. The Bertz CT molecular complexity index is 990. The SMILES string of the molecule is O=C(Oc1cc(F)ccc1[N+](=O)[O-])c1cnn(Cc2ccccc2Cl)c1. The zero-order chi connectivity index (χ0) is 18.7. The van der Waals surface area contributed by atoms with Gasteiger partial charge in [0.25, 0.3) is 0 Å². The number of esters is 1. The molecule has 0 amide bonds. The van der Waals surface area contributed by atoms with Gasteiger partial charge in [-0.3, -0.25) is 14.8 Å². The van der Waals surface area contributed by atoms with Crippen LogP contribution in [0, 0.1) is 15.9 Å². The van der Waals surface area contributed by atoms with Crippen molar-refractivity contribution < 1.29 is 18.8 Å². The standard InChI is InChI=1S/C17H11ClFN3O4/c18-14-4-2-1-3-11(14)9-21-10-12(8-20-21)17(23)26-16-7-13(19)5-6-15(16)22(24)25/h1-8,10H,9H2. The van der Waals surface area contributed by atoms with Gasteiger partial charge in [-0.15, -0.1) is 0 Å². The summed E-state index contributed by atoms with van der Waals surface area (Å²) < 4.78 is 19.7. The maximum Gasteiger partial charge on any atom is 0.346 e. The summed E-state index contributed by atoms with van der Waals surface area (Å²) in [6.07, 6.45) is 2.67. The van der Waals surface area contributed by atoms with Crippen LogP contribution in [-0.4, -0.2) is 20.7 Å². The Morgan fingerprint density at radius 2 is 2.08 bits per heavy atom. The second-order valence-electron chi connectivity index (χ2n) is 5.28. The lowest BCUT2D eigenvalue weighted by molar-refractivity contribution is -0.385. The van der Waals surface area contributed by atoms with E-state index in [9.17, 15) is 19.3 Å². The Labute approximate surface area is 151 Å². The predicted octanol–water partition coefficient (Wildman–Crippen LogP) is 3.85. The lowest BCUT2D eigenvalue weighted by Crippen LogP contribution is -2.09. The van der Waals surface area contributed by atoms with Gasteiger partial charge in [-0.05, 0) is 17.7 Å². The molecule has 3 rings (SSSR count). The van der Waals surface area contributed by atoms with Crippen molar-refractivity contribution in [3.05, 3.63) is 86.9 Å². The number of nitro benzene ring substituents is 1. The summed E-state index contributed by atoms with van der Waals surface area (Å²) >= 11 is 6.08. The number of hydrogen-bond donors (Lipinski definition) is 0. The number of halogens is 2. The van der Waals surface area contributed by atoms with Gasteiger partial charge in [0.1, 0.15) is 5.82 Å². The zero-order valence-electron chi connectivity index (χ0n) is 13.1. The molecular formula is C17H11ClFN3O4. The first kappa shape index (κ1) is 17.6. The van der Waals surface area contributed by atoms with Gasteiger partial charge >= 0.3 is 11.7 Å². The molecular weight excluding hydrogens is 365 g/mol. The number of nitrogens with zero attached hydrogens (tertiary/aromatic N) is 3. The number of benzene rings is 2. The number of carbonyl (C=O) groups is 1.